The van der Waals surface area contributed by atoms with Crippen LogP contribution in [0.2, 0.25) is 0 Å². The Bertz CT molecular complexity index is 396. The van der Waals surface area contributed by atoms with Gasteiger partial charge >= 0.3 is 0 Å². The van der Waals surface area contributed by atoms with Crippen molar-refractivity contribution in [3.63, 3.8) is 0 Å². The number of unbranched alkanes of at least 4 members (excludes halogenated alkanes) is 2. The highest BCUT2D eigenvalue weighted by atomic mass is 15.0. The minimum Gasteiger partial charge on any atom is -0.348 e. The van der Waals surface area contributed by atoms with Crippen LogP contribution >= 0.6 is 0 Å². The topological polar surface area (TPSA) is 4.93 Å². The first kappa shape index (κ1) is 11.3. The van der Waals surface area contributed by atoms with Gasteiger partial charge in [-0.3, -0.25) is 0 Å². The summed E-state index contributed by atoms with van der Waals surface area (Å²) >= 11 is 0. The molecule has 0 aliphatic heterocycles. The largest absolute Gasteiger partial charge is 0.348 e. The van der Waals surface area contributed by atoms with Crippen molar-refractivity contribution in [2.75, 3.05) is 0 Å². The fourth-order valence-corrected chi connectivity index (χ4v) is 2.39. The second kappa shape index (κ2) is 5.20. The number of fused-ring (bicyclic) bond motifs is 1. The van der Waals surface area contributed by atoms with Crippen molar-refractivity contribution in [2.45, 2.75) is 45.6 Å². The lowest BCUT2D eigenvalue weighted by Gasteiger charge is -2.05. The van der Waals surface area contributed by atoms with E-state index in [4.69, 9.17) is 0 Å². The van der Waals surface area contributed by atoms with Gasteiger partial charge < -0.3 is 4.57 Å². The van der Waals surface area contributed by atoms with Gasteiger partial charge in [-0.15, -0.1) is 6.58 Å². The van der Waals surface area contributed by atoms with Crippen molar-refractivity contribution >= 4 is 6.08 Å². The van der Waals surface area contributed by atoms with E-state index in [1.165, 1.54) is 42.6 Å². The average Bonchev–Trinajstić information content (AvgIpc) is 2.80. The zero-order valence-electron chi connectivity index (χ0n) is 10.2. The fourth-order valence-electron chi connectivity index (χ4n) is 2.39. The molecule has 1 nitrogen and oxygen atoms in total. The van der Waals surface area contributed by atoms with Gasteiger partial charge in [0.15, 0.2) is 0 Å². The molecule has 2 rings (SSSR count). The molecule has 0 spiro atoms. The maximum Gasteiger partial charge on any atom is 0.0442 e. The minimum atomic E-state index is 1.03. The number of nitrogens with zero attached hydrogens (tertiary/aromatic N) is 1. The van der Waals surface area contributed by atoms with Gasteiger partial charge in [0.1, 0.15) is 0 Å². The molecule has 0 unspecified atom stereocenters. The lowest BCUT2D eigenvalue weighted by Crippen LogP contribution is -1.98. The highest BCUT2D eigenvalue weighted by Crippen LogP contribution is 2.28. The third kappa shape index (κ3) is 2.29. The Labute approximate surface area is 98.5 Å². The third-order valence-electron chi connectivity index (χ3n) is 3.26. The standard InChI is InChI=1S/C15H21N/c1-3-5-6-9-16-10-8-14-11-13(7-4-2)12-15(14)16/h4,8,10,12H,2-3,5-7,9,11H2,1H3. The van der Waals surface area contributed by atoms with Crippen LogP contribution in [0.3, 0.4) is 0 Å². The normalized spacial score (nSPS) is 13.7. The quantitative estimate of drug-likeness (QED) is 0.495. The number of hydrogen-bond donors (Lipinski definition) is 0. The molecule has 0 bridgehead atoms. The molecular weight excluding hydrogens is 194 g/mol. The lowest BCUT2D eigenvalue weighted by atomic mass is 10.1. The average molecular weight is 215 g/mol. The van der Waals surface area contributed by atoms with E-state index >= 15 is 0 Å². The van der Waals surface area contributed by atoms with Crippen LogP contribution in [0.25, 0.3) is 6.08 Å². The van der Waals surface area contributed by atoms with Crippen LogP contribution in [0.15, 0.2) is 30.5 Å². The zero-order chi connectivity index (χ0) is 11.4. The van der Waals surface area contributed by atoms with Crippen molar-refractivity contribution in [1.29, 1.82) is 0 Å². The summed E-state index contributed by atoms with van der Waals surface area (Å²) < 4.78 is 2.40. The Kier molecular flexibility index (Phi) is 3.66. The molecule has 0 saturated carbocycles. The molecule has 0 N–H and O–H groups in total. The molecule has 0 atom stereocenters. The third-order valence-corrected chi connectivity index (χ3v) is 3.26. The molecule has 1 heteroatoms. The molecular formula is C15H21N. The molecule has 0 saturated heterocycles. The second-order valence-electron chi connectivity index (χ2n) is 4.60. The highest BCUT2D eigenvalue weighted by Gasteiger charge is 2.15. The van der Waals surface area contributed by atoms with Crippen molar-refractivity contribution in [3.8, 4) is 0 Å². The van der Waals surface area contributed by atoms with E-state index in [2.05, 4.69) is 36.4 Å². The van der Waals surface area contributed by atoms with Gasteiger partial charge in [0, 0.05) is 18.4 Å². The SMILES string of the molecule is C=CCC1=Cc2c(ccn2CCCCC)C1. The van der Waals surface area contributed by atoms with E-state index in [-0.39, 0.29) is 0 Å². The molecule has 1 aliphatic rings. The van der Waals surface area contributed by atoms with E-state index in [0.717, 1.165) is 12.8 Å². The first-order valence-corrected chi connectivity index (χ1v) is 6.33. The molecule has 0 radical (unpaired) electrons. The summed E-state index contributed by atoms with van der Waals surface area (Å²) in [6.07, 6.45) is 12.7. The van der Waals surface area contributed by atoms with E-state index in [9.17, 15) is 0 Å². The summed E-state index contributed by atoms with van der Waals surface area (Å²) in [5.41, 5.74) is 4.44. The number of hydrogen-bond acceptors (Lipinski definition) is 0. The Morgan fingerprint density at radius 1 is 1.44 bits per heavy atom. The molecule has 86 valence electrons. The molecule has 1 heterocycles. The van der Waals surface area contributed by atoms with Gasteiger partial charge in [-0.2, -0.15) is 0 Å². The maximum atomic E-state index is 3.81. The van der Waals surface area contributed by atoms with Crippen molar-refractivity contribution in [2.24, 2.45) is 0 Å². The van der Waals surface area contributed by atoms with Gasteiger partial charge in [0.25, 0.3) is 0 Å². The summed E-state index contributed by atoms with van der Waals surface area (Å²) in [5, 5.41) is 0. The van der Waals surface area contributed by atoms with Crippen LogP contribution in [0, 0.1) is 0 Å². The zero-order valence-corrected chi connectivity index (χ0v) is 10.2. The summed E-state index contributed by atoms with van der Waals surface area (Å²) in [6, 6.07) is 2.27. The summed E-state index contributed by atoms with van der Waals surface area (Å²) in [4.78, 5) is 0. The molecule has 0 amide bonds. The van der Waals surface area contributed by atoms with Crippen LogP contribution in [0.1, 0.15) is 43.9 Å². The Balaban J connectivity index is 2.04. The maximum absolute atomic E-state index is 3.81. The molecule has 16 heavy (non-hydrogen) atoms. The van der Waals surface area contributed by atoms with Crippen molar-refractivity contribution < 1.29 is 0 Å². The lowest BCUT2D eigenvalue weighted by molar-refractivity contribution is 0.601. The van der Waals surface area contributed by atoms with Crippen LogP contribution in [-0.2, 0) is 13.0 Å². The Morgan fingerprint density at radius 2 is 2.31 bits per heavy atom. The predicted molar refractivity (Wildman–Crippen MR) is 70.5 cm³/mol. The first-order chi connectivity index (χ1) is 7.85. The molecule has 0 fully saturated rings. The van der Waals surface area contributed by atoms with Gasteiger partial charge in [0.2, 0.25) is 0 Å². The van der Waals surface area contributed by atoms with Gasteiger partial charge in [0.05, 0.1) is 0 Å². The van der Waals surface area contributed by atoms with Gasteiger partial charge in [-0.05, 0) is 37.0 Å². The van der Waals surface area contributed by atoms with E-state index in [0.29, 0.717) is 0 Å². The van der Waals surface area contributed by atoms with Crippen LogP contribution in [0.4, 0.5) is 0 Å². The monoisotopic (exact) mass is 215 g/mol. The Hall–Kier alpha value is -1.24. The summed E-state index contributed by atoms with van der Waals surface area (Å²) in [7, 11) is 0. The van der Waals surface area contributed by atoms with Crippen LogP contribution in [-0.4, -0.2) is 4.57 Å². The predicted octanol–water partition coefficient (Wildman–Crippen LogP) is 4.19. The molecule has 1 aliphatic carbocycles. The van der Waals surface area contributed by atoms with Gasteiger partial charge in [-0.1, -0.05) is 31.4 Å². The smallest absolute Gasteiger partial charge is 0.0442 e. The summed E-state index contributed by atoms with van der Waals surface area (Å²) in [5.74, 6) is 0. The van der Waals surface area contributed by atoms with Crippen LogP contribution < -0.4 is 0 Å². The number of allylic oxidation sites excluding steroid dienone is 2. The first-order valence-electron chi connectivity index (χ1n) is 6.33. The number of aromatic nitrogens is 1. The van der Waals surface area contributed by atoms with E-state index in [1.807, 2.05) is 6.08 Å². The summed E-state index contributed by atoms with van der Waals surface area (Å²) in [6.45, 7) is 7.23. The number of aryl methyl sites for hydroxylation is 1. The molecule has 0 aromatic carbocycles. The Morgan fingerprint density at radius 3 is 3.06 bits per heavy atom. The van der Waals surface area contributed by atoms with E-state index < -0.39 is 0 Å². The molecule has 1 aromatic heterocycles. The minimum absolute atomic E-state index is 1.03. The number of rotatable bonds is 6. The second-order valence-corrected chi connectivity index (χ2v) is 4.60. The van der Waals surface area contributed by atoms with Crippen molar-refractivity contribution in [3.05, 3.63) is 41.7 Å². The molecule has 1 aromatic rings. The fraction of sp³-hybridized carbons (Fsp3) is 0.467. The van der Waals surface area contributed by atoms with Crippen molar-refractivity contribution in [1.82, 2.24) is 4.57 Å². The van der Waals surface area contributed by atoms with E-state index in [1.54, 1.807) is 0 Å². The van der Waals surface area contributed by atoms with Gasteiger partial charge in [-0.25, -0.2) is 0 Å². The highest BCUT2D eigenvalue weighted by molar-refractivity contribution is 5.61. The van der Waals surface area contributed by atoms with Crippen LogP contribution in [0.5, 0.6) is 0 Å².